The number of anilines is 1. The average Bonchev–Trinajstić information content (AvgIpc) is 2.74. The number of hydrogen-bond donors (Lipinski definition) is 1. The zero-order chi connectivity index (χ0) is 21.3. The number of benzene rings is 2. The highest BCUT2D eigenvalue weighted by Gasteiger charge is 2.32. The summed E-state index contributed by atoms with van der Waals surface area (Å²) >= 11 is 18.7. The van der Waals surface area contributed by atoms with Crippen molar-refractivity contribution in [3.63, 3.8) is 0 Å². The predicted octanol–water partition coefficient (Wildman–Crippen LogP) is 5.58. The lowest BCUT2D eigenvalue weighted by Gasteiger charge is -2.40. The van der Waals surface area contributed by atoms with Crippen LogP contribution in [-0.4, -0.2) is 37.3 Å². The Morgan fingerprint density at radius 2 is 1.80 bits per heavy atom. The highest BCUT2D eigenvalue weighted by molar-refractivity contribution is 6.36. The van der Waals surface area contributed by atoms with Crippen molar-refractivity contribution in [3.05, 3.63) is 57.5 Å². The molecule has 5 nitrogen and oxygen atoms in total. The van der Waals surface area contributed by atoms with Crippen LogP contribution in [0.1, 0.15) is 12.8 Å². The van der Waals surface area contributed by atoms with Crippen molar-refractivity contribution in [2.45, 2.75) is 18.4 Å². The number of rotatable bonds is 5. The van der Waals surface area contributed by atoms with Gasteiger partial charge in [0.05, 0.1) is 33.9 Å². The number of methoxy groups -OCH3 is 1. The molecule has 0 saturated carbocycles. The summed E-state index contributed by atoms with van der Waals surface area (Å²) in [4.78, 5) is 6.66. The molecule has 1 saturated heterocycles. The molecule has 0 aliphatic carbocycles. The van der Waals surface area contributed by atoms with Crippen LogP contribution in [0.5, 0.6) is 11.6 Å². The standard InChI is InChI=1S/C22H22Cl3N3O2/c1-29-20-7-3-15-19(6-4-16(24)21(15)27-20)30-13-22(26)8-10-28(11-9-22)18-5-2-14(23)12-17(18)25/h2-7,12H,8-11,13,26H2,1H3. The van der Waals surface area contributed by atoms with Crippen molar-refractivity contribution in [1.29, 1.82) is 0 Å². The number of aromatic nitrogens is 1. The number of hydrogen-bond acceptors (Lipinski definition) is 5. The second-order valence-electron chi connectivity index (χ2n) is 7.53. The van der Waals surface area contributed by atoms with E-state index in [9.17, 15) is 0 Å². The van der Waals surface area contributed by atoms with Gasteiger partial charge in [0.1, 0.15) is 12.4 Å². The van der Waals surface area contributed by atoms with E-state index in [1.807, 2.05) is 24.3 Å². The highest BCUT2D eigenvalue weighted by Crippen LogP contribution is 2.34. The Morgan fingerprint density at radius 3 is 2.50 bits per heavy atom. The molecule has 0 unspecified atom stereocenters. The highest BCUT2D eigenvalue weighted by atomic mass is 35.5. The maximum absolute atomic E-state index is 6.66. The van der Waals surface area contributed by atoms with E-state index in [0.29, 0.717) is 38.8 Å². The van der Waals surface area contributed by atoms with Gasteiger partial charge in [0, 0.05) is 29.6 Å². The van der Waals surface area contributed by atoms with Gasteiger partial charge in [-0.05, 0) is 49.2 Å². The van der Waals surface area contributed by atoms with Crippen LogP contribution in [0.25, 0.3) is 10.9 Å². The fourth-order valence-electron chi connectivity index (χ4n) is 3.68. The van der Waals surface area contributed by atoms with Crippen LogP contribution in [0.4, 0.5) is 5.69 Å². The quantitative estimate of drug-likeness (QED) is 0.532. The number of ether oxygens (including phenoxy) is 2. The van der Waals surface area contributed by atoms with Gasteiger partial charge in [-0.3, -0.25) is 0 Å². The van der Waals surface area contributed by atoms with Crippen LogP contribution in [0.3, 0.4) is 0 Å². The summed E-state index contributed by atoms with van der Waals surface area (Å²) < 4.78 is 11.3. The van der Waals surface area contributed by atoms with E-state index in [0.717, 1.165) is 37.0 Å². The summed E-state index contributed by atoms with van der Waals surface area (Å²) in [6, 6.07) is 12.9. The van der Waals surface area contributed by atoms with Gasteiger partial charge >= 0.3 is 0 Å². The summed E-state index contributed by atoms with van der Waals surface area (Å²) in [6.07, 6.45) is 1.56. The van der Waals surface area contributed by atoms with Crippen LogP contribution in [0.2, 0.25) is 15.1 Å². The Bertz CT molecular complexity index is 1070. The van der Waals surface area contributed by atoms with Gasteiger partial charge in [-0.2, -0.15) is 0 Å². The molecule has 2 N–H and O–H groups in total. The molecule has 1 aromatic heterocycles. The van der Waals surface area contributed by atoms with E-state index >= 15 is 0 Å². The summed E-state index contributed by atoms with van der Waals surface area (Å²) in [5.41, 5.74) is 7.86. The van der Waals surface area contributed by atoms with E-state index in [4.69, 9.17) is 50.0 Å². The first-order valence-corrected chi connectivity index (χ1v) is 10.8. The van der Waals surface area contributed by atoms with E-state index in [1.54, 1.807) is 25.3 Å². The van der Waals surface area contributed by atoms with E-state index < -0.39 is 5.54 Å². The number of nitrogens with zero attached hydrogens (tertiary/aromatic N) is 2. The first kappa shape index (κ1) is 21.3. The lowest BCUT2D eigenvalue weighted by atomic mass is 9.89. The molecule has 0 bridgehead atoms. The Kier molecular flexibility index (Phi) is 6.16. The van der Waals surface area contributed by atoms with Gasteiger partial charge in [-0.15, -0.1) is 0 Å². The minimum absolute atomic E-state index is 0.401. The van der Waals surface area contributed by atoms with Gasteiger partial charge < -0.3 is 20.1 Å². The lowest BCUT2D eigenvalue weighted by Crippen LogP contribution is -2.54. The first-order valence-electron chi connectivity index (χ1n) is 9.63. The molecule has 0 spiro atoms. The SMILES string of the molecule is COc1ccc2c(OCC3(N)CCN(c4ccc(Cl)cc4Cl)CC3)ccc(Cl)c2n1. The fourth-order valence-corrected chi connectivity index (χ4v) is 4.41. The molecule has 0 amide bonds. The molecule has 3 aromatic rings. The van der Waals surface area contributed by atoms with Crippen molar-refractivity contribution < 1.29 is 9.47 Å². The first-order chi connectivity index (χ1) is 14.4. The molecule has 0 radical (unpaired) electrons. The number of piperidine rings is 1. The van der Waals surface area contributed by atoms with Crippen LogP contribution < -0.4 is 20.1 Å². The van der Waals surface area contributed by atoms with Crippen LogP contribution in [-0.2, 0) is 0 Å². The van der Waals surface area contributed by atoms with E-state index in [2.05, 4.69) is 9.88 Å². The molecule has 1 aliphatic rings. The van der Waals surface area contributed by atoms with Crippen molar-refractivity contribution in [2.75, 3.05) is 31.7 Å². The number of fused-ring (bicyclic) bond motifs is 1. The Labute approximate surface area is 190 Å². The van der Waals surface area contributed by atoms with Crippen molar-refractivity contribution in [3.8, 4) is 11.6 Å². The summed E-state index contributed by atoms with van der Waals surface area (Å²) in [7, 11) is 1.57. The molecular formula is C22H22Cl3N3O2. The smallest absolute Gasteiger partial charge is 0.213 e. The third kappa shape index (κ3) is 4.40. The Hall–Kier alpha value is -1.92. The van der Waals surface area contributed by atoms with Gasteiger partial charge in [-0.25, -0.2) is 4.98 Å². The van der Waals surface area contributed by atoms with Crippen molar-refractivity contribution >= 4 is 51.4 Å². The Balaban J connectivity index is 1.45. The maximum atomic E-state index is 6.66. The number of halogens is 3. The van der Waals surface area contributed by atoms with Crippen LogP contribution in [0, 0.1) is 0 Å². The van der Waals surface area contributed by atoms with Gasteiger partial charge in [-0.1, -0.05) is 34.8 Å². The maximum Gasteiger partial charge on any atom is 0.213 e. The van der Waals surface area contributed by atoms with Crippen LogP contribution in [0.15, 0.2) is 42.5 Å². The average molecular weight is 467 g/mol. The van der Waals surface area contributed by atoms with E-state index in [-0.39, 0.29) is 0 Å². The lowest BCUT2D eigenvalue weighted by molar-refractivity contribution is 0.190. The molecule has 8 heteroatoms. The van der Waals surface area contributed by atoms with Gasteiger partial charge in [0.2, 0.25) is 5.88 Å². The minimum atomic E-state index is -0.429. The molecular weight excluding hydrogens is 445 g/mol. The fraction of sp³-hybridized carbons (Fsp3) is 0.318. The molecule has 0 atom stereocenters. The largest absolute Gasteiger partial charge is 0.491 e. The minimum Gasteiger partial charge on any atom is -0.491 e. The Morgan fingerprint density at radius 1 is 1.03 bits per heavy atom. The third-order valence-electron chi connectivity index (χ3n) is 5.48. The summed E-state index contributed by atoms with van der Waals surface area (Å²) in [5, 5.41) is 2.66. The normalized spacial score (nSPS) is 16.0. The zero-order valence-corrected chi connectivity index (χ0v) is 18.8. The number of pyridine rings is 1. The second kappa shape index (κ2) is 8.67. The number of nitrogens with two attached hydrogens (primary N) is 1. The topological polar surface area (TPSA) is 60.6 Å². The molecule has 30 heavy (non-hydrogen) atoms. The molecule has 4 rings (SSSR count). The molecule has 1 fully saturated rings. The zero-order valence-electron chi connectivity index (χ0n) is 16.5. The monoisotopic (exact) mass is 465 g/mol. The third-order valence-corrected chi connectivity index (χ3v) is 6.32. The van der Waals surface area contributed by atoms with Gasteiger partial charge in [0.15, 0.2) is 0 Å². The predicted molar refractivity (Wildman–Crippen MR) is 124 cm³/mol. The van der Waals surface area contributed by atoms with Crippen molar-refractivity contribution in [1.82, 2.24) is 4.98 Å². The molecule has 158 valence electrons. The molecule has 2 aromatic carbocycles. The second-order valence-corrected chi connectivity index (χ2v) is 8.78. The summed E-state index contributed by atoms with van der Waals surface area (Å²) in [6.45, 7) is 1.99. The van der Waals surface area contributed by atoms with Crippen LogP contribution >= 0.6 is 34.8 Å². The van der Waals surface area contributed by atoms with E-state index in [1.165, 1.54) is 0 Å². The molecule has 2 heterocycles. The molecule has 1 aliphatic heterocycles. The van der Waals surface area contributed by atoms with Crippen molar-refractivity contribution in [2.24, 2.45) is 5.73 Å². The summed E-state index contributed by atoms with van der Waals surface area (Å²) in [5.74, 6) is 1.21. The van der Waals surface area contributed by atoms with Gasteiger partial charge in [0.25, 0.3) is 0 Å².